The lowest BCUT2D eigenvalue weighted by atomic mass is 9.91. The second-order valence-electron chi connectivity index (χ2n) is 5.46. The van der Waals surface area contributed by atoms with Gasteiger partial charge in [-0.25, -0.2) is 0 Å². The predicted octanol–water partition coefficient (Wildman–Crippen LogP) is 2.84. The highest BCUT2D eigenvalue weighted by atomic mass is 16.6. The molecular formula is C16H20O4. The van der Waals surface area contributed by atoms with Crippen LogP contribution in [0.2, 0.25) is 0 Å². The van der Waals surface area contributed by atoms with Gasteiger partial charge in [0.2, 0.25) is 0 Å². The van der Waals surface area contributed by atoms with E-state index in [0.29, 0.717) is 25.2 Å². The summed E-state index contributed by atoms with van der Waals surface area (Å²) in [7, 11) is 1.66. The average molecular weight is 276 g/mol. The fraction of sp³-hybridized carbons (Fsp3) is 0.500. The van der Waals surface area contributed by atoms with E-state index in [-0.39, 0.29) is 5.92 Å². The monoisotopic (exact) mass is 276 g/mol. The predicted molar refractivity (Wildman–Crippen MR) is 74.6 cm³/mol. The Balaban J connectivity index is 2.15. The van der Waals surface area contributed by atoms with E-state index in [0.717, 1.165) is 16.9 Å². The van der Waals surface area contributed by atoms with Crippen molar-refractivity contribution in [3.05, 3.63) is 29.3 Å². The maximum Gasteiger partial charge on any atom is 0.316 e. The number of rotatable bonds is 4. The van der Waals surface area contributed by atoms with E-state index in [9.17, 15) is 9.59 Å². The quantitative estimate of drug-likeness (QED) is 0.627. The molecule has 2 rings (SSSR count). The molecule has 1 aromatic rings. The molecule has 0 aromatic heterocycles. The van der Waals surface area contributed by atoms with E-state index in [1.54, 1.807) is 7.11 Å². The van der Waals surface area contributed by atoms with Gasteiger partial charge in [0.15, 0.2) is 0 Å². The Kier molecular flexibility index (Phi) is 4.42. The van der Waals surface area contributed by atoms with Crippen molar-refractivity contribution in [3.63, 3.8) is 0 Å². The molecule has 0 saturated carbocycles. The number of benzene rings is 1. The van der Waals surface area contributed by atoms with Crippen LogP contribution in [-0.4, -0.2) is 19.0 Å². The molecule has 108 valence electrons. The zero-order valence-electron chi connectivity index (χ0n) is 12.1. The lowest BCUT2D eigenvalue weighted by molar-refractivity contribution is -0.167. The van der Waals surface area contributed by atoms with Crippen molar-refractivity contribution in [1.82, 2.24) is 0 Å². The smallest absolute Gasteiger partial charge is 0.316 e. The molecule has 0 aliphatic carbocycles. The van der Waals surface area contributed by atoms with E-state index >= 15 is 0 Å². The molecule has 20 heavy (non-hydrogen) atoms. The maximum absolute atomic E-state index is 11.7. The lowest BCUT2D eigenvalue weighted by Crippen LogP contribution is -2.29. The fourth-order valence-corrected chi connectivity index (χ4v) is 2.49. The minimum absolute atomic E-state index is 0.221. The standard InChI is InChI=1S/C16H20O4/c1-10(2)13-9-11(4-6-14(13)19-3)8-12-5-7-15(17)20-16(12)18/h4,6,9-10,12H,5,7-8H2,1-3H3. The second kappa shape index (κ2) is 6.07. The highest BCUT2D eigenvalue weighted by molar-refractivity contribution is 5.89. The number of cyclic esters (lactones) is 2. The topological polar surface area (TPSA) is 52.6 Å². The molecule has 0 spiro atoms. The van der Waals surface area contributed by atoms with E-state index < -0.39 is 11.9 Å². The van der Waals surface area contributed by atoms with Crippen LogP contribution in [0.4, 0.5) is 0 Å². The van der Waals surface area contributed by atoms with Gasteiger partial charge in [0.05, 0.1) is 13.0 Å². The summed E-state index contributed by atoms with van der Waals surface area (Å²) in [6, 6.07) is 5.98. The number of esters is 2. The fourth-order valence-electron chi connectivity index (χ4n) is 2.49. The van der Waals surface area contributed by atoms with Gasteiger partial charge in [-0.1, -0.05) is 26.0 Å². The van der Waals surface area contributed by atoms with Crippen molar-refractivity contribution in [3.8, 4) is 5.75 Å². The number of methoxy groups -OCH3 is 1. The van der Waals surface area contributed by atoms with Crippen molar-refractivity contribution in [2.75, 3.05) is 7.11 Å². The van der Waals surface area contributed by atoms with Gasteiger partial charge in [-0.05, 0) is 36.0 Å². The Hall–Kier alpha value is -1.84. The van der Waals surface area contributed by atoms with Crippen LogP contribution in [0, 0.1) is 5.92 Å². The highest BCUT2D eigenvalue weighted by Crippen LogP contribution is 2.29. The summed E-state index contributed by atoms with van der Waals surface area (Å²) in [5, 5.41) is 0. The first-order valence-corrected chi connectivity index (χ1v) is 6.92. The molecule has 1 unspecified atom stereocenters. The summed E-state index contributed by atoms with van der Waals surface area (Å²) >= 11 is 0. The molecule has 4 heteroatoms. The van der Waals surface area contributed by atoms with Crippen molar-refractivity contribution >= 4 is 11.9 Å². The van der Waals surface area contributed by atoms with Gasteiger partial charge < -0.3 is 9.47 Å². The summed E-state index contributed by atoms with van der Waals surface area (Å²) in [6.07, 6.45) is 1.50. The van der Waals surface area contributed by atoms with Crippen LogP contribution in [0.1, 0.15) is 43.7 Å². The Labute approximate surface area is 119 Å². The van der Waals surface area contributed by atoms with Crippen molar-refractivity contribution in [2.45, 2.75) is 39.0 Å². The van der Waals surface area contributed by atoms with Crippen molar-refractivity contribution < 1.29 is 19.1 Å². The number of carbonyl (C=O) groups is 2. The molecule has 1 fully saturated rings. The van der Waals surface area contributed by atoms with Crippen molar-refractivity contribution in [2.24, 2.45) is 5.92 Å². The third kappa shape index (κ3) is 3.18. The molecule has 1 aliphatic rings. The van der Waals surface area contributed by atoms with Crippen LogP contribution in [0.3, 0.4) is 0 Å². The van der Waals surface area contributed by atoms with Crippen LogP contribution in [0.25, 0.3) is 0 Å². The largest absolute Gasteiger partial charge is 0.496 e. The summed E-state index contributed by atoms with van der Waals surface area (Å²) in [4.78, 5) is 22.7. The maximum atomic E-state index is 11.7. The van der Waals surface area contributed by atoms with Gasteiger partial charge in [-0.3, -0.25) is 9.59 Å². The number of carbonyl (C=O) groups excluding carboxylic acids is 2. The SMILES string of the molecule is COc1ccc(CC2CCC(=O)OC2=O)cc1C(C)C. The molecule has 0 amide bonds. The normalized spacial score (nSPS) is 19.1. The molecule has 0 N–H and O–H groups in total. The number of hydrogen-bond acceptors (Lipinski definition) is 4. The molecule has 0 radical (unpaired) electrons. The Bertz CT molecular complexity index is 519. The van der Waals surface area contributed by atoms with E-state index in [4.69, 9.17) is 9.47 Å². The Morgan fingerprint density at radius 2 is 2.10 bits per heavy atom. The molecule has 1 atom stereocenters. The summed E-state index contributed by atoms with van der Waals surface area (Å²) in [6.45, 7) is 4.21. The Morgan fingerprint density at radius 1 is 1.35 bits per heavy atom. The van der Waals surface area contributed by atoms with E-state index in [2.05, 4.69) is 19.9 Å². The molecule has 0 bridgehead atoms. The minimum atomic E-state index is -0.413. The molecule has 1 saturated heterocycles. The number of ether oxygens (including phenoxy) is 2. The number of hydrogen-bond donors (Lipinski definition) is 0. The van der Waals surface area contributed by atoms with E-state index in [1.165, 1.54) is 0 Å². The summed E-state index contributed by atoms with van der Waals surface area (Å²) < 4.78 is 10.0. The molecule has 4 nitrogen and oxygen atoms in total. The van der Waals surface area contributed by atoms with Gasteiger partial charge in [0.1, 0.15) is 5.75 Å². The van der Waals surface area contributed by atoms with Gasteiger partial charge in [0.25, 0.3) is 0 Å². The van der Waals surface area contributed by atoms with Gasteiger partial charge in [-0.2, -0.15) is 0 Å². The molecular weight excluding hydrogens is 256 g/mol. The third-order valence-electron chi connectivity index (χ3n) is 3.64. The summed E-state index contributed by atoms with van der Waals surface area (Å²) in [5.74, 6) is 0.183. The molecule has 1 heterocycles. The summed E-state index contributed by atoms with van der Waals surface area (Å²) in [5.41, 5.74) is 2.20. The van der Waals surface area contributed by atoms with Gasteiger partial charge in [-0.15, -0.1) is 0 Å². The second-order valence-corrected chi connectivity index (χ2v) is 5.46. The van der Waals surface area contributed by atoms with Crippen LogP contribution in [0.15, 0.2) is 18.2 Å². The first-order valence-electron chi connectivity index (χ1n) is 6.92. The van der Waals surface area contributed by atoms with Crippen LogP contribution >= 0.6 is 0 Å². The zero-order chi connectivity index (χ0) is 14.7. The van der Waals surface area contributed by atoms with Crippen LogP contribution in [0.5, 0.6) is 5.75 Å². The van der Waals surface area contributed by atoms with Gasteiger partial charge >= 0.3 is 11.9 Å². The van der Waals surface area contributed by atoms with E-state index in [1.807, 2.05) is 12.1 Å². The van der Waals surface area contributed by atoms with Crippen LogP contribution < -0.4 is 4.74 Å². The molecule has 1 aliphatic heterocycles. The lowest BCUT2D eigenvalue weighted by Gasteiger charge is -2.20. The van der Waals surface area contributed by atoms with Crippen LogP contribution in [-0.2, 0) is 20.7 Å². The van der Waals surface area contributed by atoms with Crippen molar-refractivity contribution in [1.29, 1.82) is 0 Å². The third-order valence-corrected chi connectivity index (χ3v) is 3.64. The first kappa shape index (κ1) is 14.6. The minimum Gasteiger partial charge on any atom is -0.496 e. The first-order chi connectivity index (χ1) is 9.51. The highest BCUT2D eigenvalue weighted by Gasteiger charge is 2.29. The average Bonchev–Trinajstić information content (AvgIpc) is 2.41. The zero-order valence-corrected chi connectivity index (χ0v) is 12.1. The van der Waals surface area contributed by atoms with Gasteiger partial charge in [0, 0.05) is 6.42 Å². The molecule has 1 aromatic carbocycles. The Morgan fingerprint density at radius 3 is 2.70 bits per heavy atom.